The Labute approximate surface area is 138 Å². The van der Waals surface area contributed by atoms with E-state index < -0.39 is 0 Å². The molecule has 1 aliphatic rings. The zero-order valence-corrected chi connectivity index (χ0v) is 13.8. The zero-order chi connectivity index (χ0) is 16.7. The molecule has 0 spiro atoms. The molecular weight excluding hydrogens is 288 g/mol. The lowest BCUT2D eigenvalue weighted by atomic mass is 9.86. The monoisotopic (exact) mass is 312 g/mol. The third kappa shape index (κ3) is 4.59. The molecule has 1 aliphatic carbocycles. The fraction of sp³-hybridized carbons (Fsp3) is 0.474. The summed E-state index contributed by atoms with van der Waals surface area (Å²) in [7, 11) is 0. The highest BCUT2D eigenvalue weighted by Crippen LogP contribution is 2.25. The topological polar surface area (TPSA) is 62.1 Å². The summed E-state index contributed by atoms with van der Waals surface area (Å²) >= 11 is 0. The van der Waals surface area contributed by atoms with Crippen LogP contribution in [0, 0.1) is 17.2 Å². The van der Waals surface area contributed by atoms with Gasteiger partial charge in [-0.15, -0.1) is 0 Å². The maximum atomic E-state index is 12.4. The van der Waals surface area contributed by atoms with Gasteiger partial charge in [0.05, 0.1) is 6.61 Å². The van der Waals surface area contributed by atoms with Gasteiger partial charge in [-0.2, -0.15) is 5.26 Å². The van der Waals surface area contributed by atoms with Gasteiger partial charge in [-0.3, -0.25) is 4.79 Å². The summed E-state index contributed by atoms with van der Waals surface area (Å²) in [5.41, 5.74) is 0.868. The van der Waals surface area contributed by atoms with Crippen LogP contribution in [0.2, 0.25) is 0 Å². The van der Waals surface area contributed by atoms with Crippen LogP contribution in [0.5, 0.6) is 5.75 Å². The molecule has 4 heteroatoms. The van der Waals surface area contributed by atoms with E-state index in [-0.39, 0.29) is 17.5 Å². The molecule has 1 N–H and O–H groups in total. The van der Waals surface area contributed by atoms with Gasteiger partial charge in [-0.25, -0.2) is 0 Å². The summed E-state index contributed by atoms with van der Waals surface area (Å²) in [6, 6.07) is 9.60. The van der Waals surface area contributed by atoms with Gasteiger partial charge < -0.3 is 10.1 Å². The van der Waals surface area contributed by atoms with Gasteiger partial charge in [0.2, 0.25) is 0 Å². The Hall–Kier alpha value is -2.28. The maximum Gasteiger partial charge on any atom is 0.262 e. The Balaban J connectivity index is 2.15. The van der Waals surface area contributed by atoms with Crippen molar-refractivity contribution in [3.63, 3.8) is 0 Å². The van der Waals surface area contributed by atoms with E-state index in [2.05, 4.69) is 12.2 Å². The predicted molar refractivity (Wildman–Crippen MR) is 90.8 cm³/mol. The predicted octanol–water partition coefficient (Wildman–Crippen LogP) is 3.69. The fourth-order valence-electron chi connectivity index (χ4n) is 2.97. The smallest absolute Gasteiger partial charge is 0.262 e. The van der Waals surface area contributed by atoms with Crippen molar-refractivity contribution in [3.8, 4) is 11.8 Å². The lowest BCUT2D eigenvalue weighted by Crippen LogP contribution is -2.41. The molecule has 0 aliphatic heterocycles. The van der Waals surface area contributed by atoms with E-state index in [4.69, 9.17) is 4.74 Å². The first kappa shape index (κ1) is 17.1. The average Bonchev–Trinajstić information content (AvgIpc) is 2.56. The molecule has 0 aromatic heterocycles. The lowest BCUT2D eigenvalue weighted by Gasteiger charge is -2.29. The van der Waals surface area contributed by atoms with E-state index in [1.54, 1.807) is 6.08 Å². The van der Waals surface area contributed by atoms with Crippen molar-refractivity contribution >= 4 is 12.0 Å². The normalized spacial score (nSPS) is 21.3. The van der Waals surface area contributed by atoms with E-state index in [1.165, 1.54) is 6.42 Å². The van der Waals surface area contributed by atoms with Crippen molar-refractivity contribution in [2.45, 2.75) is 45.6 Å². The van der Waals surface area contributed by atoms with E-state index in [1.807, 2.05) is 37.3 Å². The molecule has 0 unspecified atom stereocenters. The number of carbonyl (C=O) groups excluding carboxylic acids is 1. The number of nitrogens with one attached hydrogen (secondary N) is 1. The lowest BCUT2D eigenvalue weighted by molar-refractivity contribution is -0.118. The number of para-hydroxylation sites is 1. The van der Waals surface area contributed by atoms with Gasteiger partial charge >= 0.3 is 0 Å². The van der Waals surface area contributed by atoms with Crippen molar-refractivity contribution in [1.82, 2.24) is 5.32 Å². The quantitative estimate of drug-likeness (QED) is 0.666. The second-order valence-electron chi connectivity index (χ2n) is 5.98. The van der Waals surface area contributed by atoms with Crippen molar-refractivity contribution < 1.29 is 9.53 Å². The highest BCUT2D eigenvalue weighted by molar-refractivity contribution is 6.02. The second kappa shape index (κ2) is 8.38. The molecule has 1 fully saturated rings. The molecule has 0 heterocycles. The summed E-state index contributed by atoms with van der Waals surface area (Å²) in [6.45, 7) is 4.60. The maximum absolute atomic E-state index is 12.4. The standard InChI is InChI=1S/C19H24N2O2/c1-3-23-18-11-7-5-9-15(18)12-16(13-20)19(22)21-17-10-6-4-8-14(17)2/h5,7,9,11-12,14,17H,3-4,6,8,10H2,1-2H3,(H,21,22)/b16-12+/t14-,17-/m1/s1. The van der Waals surface area contributed by atoms with Crippen LogP contribution in [-0.2, 0) is 4.79 Å². The van der Waals surface area contributed by atoms with E-state index in [9.17, 15) is 10.1 Å². The van der Waals surface area contributed by atoms with Crippen LogP contribution in [0.25, 0.3) is 6.08 Å². The first-order chi connectivity index (χ1) is 11.2. The summed E-state index contributed by atoms with van der Waals surface area (Å²) in [5, 5.41) is 12.4. The Morgan fingerprint density at radius 3 is 2.83 bits per heavy atom. The van der Waals surface area contributed by atoms with Gasteiger partial charge in [0, 0.05) is 11.6 Å². The van der Waals surface area contributed by atoms with Crippen LogP contribution in [-0.4, -0.2) is 18.6 Å². The molecule has 2 atom stereocenters. The molecular formula is C19H24N2O2. The molecule has 1 aromatic carbocycles. The number of benzene rings is 1. The van der Waals surface area contributed by atoms with E-state index in [0.29, 0.717) is 18.3 Å². The van der Waals surface area contributed by atoms with Crippen molar-refractivity contribution in [1.29, 1.82) is 5.26 Å². The third-order valence-electron chi connectivity index (χ3n) is 4.31. The molecule has 1 aromatic rings. The average molecular weight is 312 g/mol. The number of nitrogens with zero attached hydrogens (tertiary/aromatic N) is 1. The van der Waals surface area contributed by atoms with Crippen molar-refractivity contribution in [2.75, 3.05) is 6.61 Å². The Bertz CT molecular complexity index is 616. The Morgan fingerprint density at radius 1 is 1.39 bits per heavy atom. The molecule has 4 nitrogen and oxygen atoms in total. The molecule has 0 radical (unpaired) electrons. The number of amides is 1. The van der Waals surface area contributed by atoms with Crippen LogP contribution < -0.4 is 10.1 Å². The van der Waals surface area contributed by atoms with Crippen LogP contribution in [0.3, 0.4) is 0 Å². The first-order valence-corrected chi connectivity index (χ1v) is 8.30. The molecule has 2 rings (SSSR count). The number of nitriles is 1. The van der Waals surface area contributed by atoms with Crippen molar-refractivity contribution in [3.05, 3.63) is 35.4 Å². The fourth-order valence-corrected chi connectivity index (χ4v) is 2.97. The number of carbonyl (C=O) groups is 1. The van der Waals surface area contributed by atoms with Gasteiger partial charge in [-0.05, 0) is 37.8 Å². The molecule has 23 heavy (non-hydrogen) atoms. The van der Waals surface area contributed by atoms with Crippen molar-refractivity contribution in [2.24, 2.45) is 5.92 Å². The van der Waals surface area contributed by atoms with Gasteiger partial charge in [-0.1, -0.05) is 38.0 Å². The molecule has 0 bridgehead atoms. The van der Waals surface area contributed by atoms with Crippen LogP contribution in [0.4, 0.5) is 0 Å². The summed E-state index contributed by atoms with van der Waals surface area (Å²) < 4.78 is 5.54. The largest absolute Gasteiger partial charge is 0.493 e. The summed E-state index contributed by atoms with van der Waals surface area (Å²) in [6.07, 6.45) is 6.07. The van der Waals surface area contributed by atoms with Crippen LogP contribution >= 0.6 is 0 Å². The van der Waals surface area contributed by atoms with Gasteiger partial charge in [0.25, 0.3) is 5.91 Å². The number of hydrogen-bond donors (Lipinski definition) is 1. The first-order valence-electron chi connectivity index (χ1n) is 8.30. The second-order valence-corrected chi connectivity index (χ2v) is 5.98. The minimum absolute atomic E-state index is 0.120. The Morgan fingerprint density at radius 2 is 2.13 bits per heavy atom. The number of ether oxygens (including phenoxy) is 1. The highest BCUT2D eigenvalue weighted by Gasteiger charge is 2.24. The molecule has 122 valence electrons. The summed E-state index contributed by atoms with van der Waals surface area (Å²) in [5.74, 6) is 0.850. The third-order valence-corrected chi connectivity index (χ3v) is 4.31. The van der Waals surface area contributed by atoms with Crippen LogP contribution in [0.1, 0.15) is 45.1 Å². The molecule has 1 saturated carbocycles. The highest BCUT2D eigenvalue weighted by atomic mass is 16.5. The van der Waals surface area contributed by atoms with Gasteiger partial charge in [0.15, 0.2) is 0 Å². The zero-order valence-electron chi connectivity index (χ0n) is 13.8. The van der Waals surface area contributed by atoms with Crippen LogP contribution in [0.15, 0.2) is 29.8 Å². The minimum Gasteiger partial charge on any atom is -0.493 e. The van der Waals surface area contributed by atoms with E-state index >= 15 is 0 Å². The molecule has 1 amide bonds. The Kier molecular flexibility index (Phi) is 6.22. The number of rotatable bonds is 5. The van der Waals surface area contributed by atoms with E-state index in [0.717, 1.165) is 24.8 Å². The van der Waals surface area contributed by atoms with Gasteiger partial charge in [0.1, 0.15) is 17.4 Å². The SMILES string of the molecule is CCOc1ccccc1/C=C(\C#N)C(=O)N[C@@H]1CCCC[C@H]1C. The summed E-state index contributed by atoms with van der Waals surface area (Å²) in [4.78, 5) is 12.4. The number of hydrogen-bond acceptors (Lipinski definition) is 3. The molecule has 0 saturated heterocycles. The minimum atomic E-state index is -0.294.